The number of aromatic nitrogens is 2. The number of halogens is 1. The molecule has 1 heterocycles. The number of aromatic amines is 1. The summed E-state index contributed by atoms with van der Waals surface area (Å²) < 4.78 is 11.8. The average molecular weight is 435 g/mol. The summed E-state index contributed by atoms with van der Waals surface area (Å²) in [4.78, 5) is 0. The fourth-order valence-corrected chi connectivity index (χ4v) is 3.49. The van der Waals surface area contributed by atoms with E-state index in [2.05, 4.69) is 22.3 Å². The molecule has 0 aliphatic rings. The number of phenolic OH excluding ortho intramolecular Hbond substituents is 1. The second-order valence-corrected chi connectivity index (χ2v) is 7.72. The minimum absolute atomic E-state index is 0.0785. The first-order chi connectivity index (χ1) is 15.0. The second-order valence-electron chi connectivity index (χ2n) is 7.35. The molecule has 158 valence electrons. The van der Waals surface area contributed by atoms with Crippen LogP contribution < -0.4 is 9.47 Å². The van der Waals surface area contributed by atoms with Crippen LogP contribution in [0, 0.1) is 13.8 Å². The van der Waals surface area contributed by atoms with Gasteiger partial charge in [-0.25, -0.2) is 0 Å². The fourth-order valence-electron chi connectivity index (χ4n) is 3.38. The molecule has 0 fully saturated rings. The van der Waals surface area contributed by atoms with Crippen molar-refractivity contribution in [2.24, 2.45) is 0 Å². The molecule has 0 spiro atoms. The van der Waals surface area contributed by atoms with Crippen molar-refractivity contribution in [2.45, 2.75) is 20.3 Å². The summed E-state index contributed by atoms with van der Waals surface area (Å²) >= 11 is 6.25. The summed E-state index contributed by atoms with van der Waals surface area (Å²) in [5, 5.41) is 18.3. The van der Waals surface area contributed by atoms with Crippen LogP contribution in [0.4, 0.5) is 0 Å². The molecule has 31 heavy (non-hydrogen) atoms. The number of H-pyrrole nitrogens is 1. The molecule has 2 N–H and O–H groups in total. The lowest BCUT2D eigenvalue weighted by Gasteiger charge is -2.12. The number of phenols is 1. The van der Waals surface area contributed by atoms with Crippen LogP contribution in [0.25, 0.3) is 11.3 Å². The van der Waals surface area contributed by atoms with Gasteiger partial charge in [0.05, 0.1) is 12.8 Å². The van der Waals surface area contributed by atoms with Gasteiger partial charge < -0.3 is 14.6 Å². The number of hydrogen-bond acceptors (Lipinski definition) is 4. The van der Waals surface area contributed by atoms with Gasteiger partial charge in [-0.15, -0.1) is 0 Å². The predicted octanol–water partition coefficient (Wildman–Crippen LogP) is 6.47. The van der Waals surface area contributed by atoms with Crippen LogP contribution in [0.1, 0.15) is 16.7 Å². The second kappa shape index (κ2) is 9.14. The van der Waals surface area contributed by atoms with Crippen LogP contribution in [0.2, 0.25) is 5.02 Å². The molecule has 0 saturated carbocycles. The molecular formula is C25H23ClN2O3. The van der Waals surface area contributed by atoms with Crippen LogP contribution in [0.5, 0.6) is 23.0 Å². The van der Waals surface area contributed by atoms with E-state index in [0.717, 1.165) is 22.6 Å². The summed E-state index contributed by atoms with van der Waals surface area (Å²) in [6, 6.07) is 19.1. The Morgan fingerprint density at radius 1 is 0.968 bits per heavy atom. The van der Waals surface area contributed by atoms with E-state index < -0.39 is 0 Å². The van der Waals surface area contributed by atoms with E-state index in [1.165, 1.54) is 5.56 Å². The van der Waals surface area contributed by atoms with E-state index in [-0.39, 0.29) is 5.75 Å². The zero-order valence-electron chi connectivity index (χ0n) is 17.4. The molecule has 1 aromatic heterocycles. The molecule has 3 aromatic carbocycles. The summed E-state index contributed by atoms with van der Waals surface area (Å²) in [6.45, 7) is 4.39. The molecule has 0 aliphatic carbocycles. The lowest BCUT2D eigenvalue weighted by molar-refractivity contribution is 0.320. The highest BCUT2D eigenvalue weighted by atomic mass is 35.5. The number of hydrogen-bond donors (Lipinski definition) is 2. The lowest BCUT2D eigenvalue weighted by atomic mass is 10.1. The maximum atomic E-state index is 10.6. The van der Waals surface area contributed by atoms with E-state index in [4.69, 9.17) is 21.1 Å². The maximum Gasteiger partial charge on any atom is 0.173 e. The number of aryl methyl sites for hydroxylation is 2. The molecule has 0 saturated heterocycles. The van der Waals surface area contributed by atoms with Gasteiger partial charge in [-0.2, -0.15) is 5.10 Å². The fraction of sp³-hybridized carbons (Fsp3) is 0.160. The molecule has 0 amide bonds. The van der Waals surface area contributed by atoms with E-state index in [0.29, 0.717) is 35.1 Å². The monoisotopic (exact) mass is 434 g/mol. The zero-order chi connectivity index (χ0) is 21.8. The zero-order valence-corrected chi connectivity index (χ0v) is 18.1. The largest absolute Gasteiger partial charge is 0.507 e. The van der Waals surface area contributed by atoms with Gasteiger partial charge in [0.2, 0.25) is 0 Å². The molecule has 5 nitrogen and oxygen atoms in total. The van der Waals surface area contributed by atoms with Gasteiger partial charge in [-0.05, 0) is 54.8 Å². The SMILES string of the molecule is Cc1cc(Oc2cn[nH]c2-c2ccc(OCCc3ccccc3)cc2O)cc(C)c1Cl. The average Bonchev–Trinajstić information content (AvgIpc) is 3.20. The summed E-state index contributed by atoms with van der Waals surface area (Å²) in [5.41, 5.74) is 4.22. The van der Waals surface area contributed by atoms with Gasteiger partial charge in [-0.3, -0.25) is 5.10 Å². The first kappa shape index (κ1) is 20.8. The van der Waals surface area contributed by atoms with Crippen LogP contribution in [-0.4, -0.2) is 21.9 Å². The number of benzene rings is 3. The lowest BCUT2D eigenvalue weighted by Crippen LogP contribution is -2.01. The topological polar surface area (TPSA) is 67.4 Å². The number of nitrogens with one attached hydrogen (secondary N) is 1. The third-order valence-electron chi connectivity index (χ3n) is 4.98. The highest BCUT2D eigenvalue weighted by Crippen LogP contribution is 2.38. The minimum atomic E-state index is 0.0785. The Kier molecular flexibility index (Phi) is 6.14. The first-order valence-corrected chi connectivity index (χ1v) is 10.4. The number of ether oxygens (including phenoxy) is 2. The molecule has 0 unspecified atom stereocenters. The van der Waals surface area contributed by atoms with E-state index in [9.17, 15) is 5.11 Å². The van der Waals surface area contributed by atoms with Crippen molar-refractivity contribution in [2.75, 3.05) is 6.61 Å². The Hall–Kier alpha value is -3.44. The highest BCUT2D eigenvalue weighted by molar-refractivity contribution is 6.32. The summed E-state index contributed by atoms with van der Waals surface area (Å²) in [6.07, 6.45) is 2.38. The number of nitrogens with zero attached hydrogens (tertiary/aromatic N) is 1. The van der Waals surface area contributed by atoms with Gasteiger partial charge in [-0.1, -0.05) is 41.9 Å². The van der Waals surface area contributed by atoms with Crippen molar-refractivity contribution < 1.29 is 14.6 Å². The first-order valence-electron chi connectivity index (χ1n) is 9.99. The van der Waals surface area contributed by atoms with E-state index in [1.54, 1.807) is 18.3 Å². The number of rotatable bonds is 7. The molecule has 0 atom stereocenters. The summed E-state index contributed by atoms with van der Waals surface area (Å²) in [7, 11) is 0. The van der Waals surface area contributed by atoms with Crippen molar-refractivity contribution in [3.63, 3.8) is 0 Å². The normalized spacial score (nSPS) is 10.8. The van der Waals surface area contributed by atoms with Gasteiger partial charge in [0, 0.05) is 23.1 Å². The highest BCUT2D eigenvalue weighted by Gasteiger charge is 2.15. The third kappa shape index (κ3) is 4.84. The predicted molar refractivity (Wildman–Crippen MR) is 122 cm³/mol. The van der Waals surface area contributed by atoms with Crippen LogP contribution in [-0.2, 0) is 6.42 Å². The van der Waals surface area contributed by atoms with Crippen LogP contribution in [0.15, 0.2) is 66.9 Å². The van der Waals surface area contributed by atoms with Gasteiger partial charge >= 0.3 is 0 Å². The quantitative estimate of drug-likeness (QED) is 0.350. The van der Waals surface area contributed by atoms with E-state index in [1.807, 2.05) is 50.2 Å². The minimum Gasteiger partial charge on any atom is -0.507 e. The number of aromatic hydroxyl groups is 1. The Bertz CT molecular complexity index is 1170. The molecule has 0 aliphatic heterocycles. The maximum absolute atomic E-state index is 10.6. The molecule has 4 aromatic rings. The smallest absolute Gasteiger partial charge is 0.173 e. The molecule has 6 heteroatoms. The van der Waals surface area contributed by atoms with E-state index >= 15 is 0 Å². The van der Waals surface area contributed by atoms with Gasteiger partial charge in [0.25, 0.3) is 0 Å². The van der Waals surface area contributed by atoms with Gasteiger partial charge in [0.15, 0.2) is 5.75 Å². The standard InChI is InChI=1S/C25H23ClN2O3/c1-16-12-20(13-17(2)24(16)26)31-23-15-27-28-25(23)21-9-8-19(14-22(21)29)30-11-10-18-6-4-3-5-7-18/h3-9,12-15,29H,10-11H2,1-2H3,(H,27,28). The summed E-state index contributed by atoms with van der Waals surface area (Å²) in [5.74, 6) is 1.84. The Balaban J connectivity index is 1.48. The molecule has 0 bridgehead atoms. The van der Waals surface area contributed by atoms with Crippen molar-refractivity contribution in [1.82, 2.24) is 10.2 Å². The van der Waals surface area contributed by atoms with Crippen molar-refractivity contribution in [1.29, 1.82) is 0 Å². The Labute approximate surface area is 186 Å². The van der Waals surface area contributed by atoms with Crippen molar-refractivity contribution in [3.8, 4) is 34.3 Å². The molecule has 4 rings (SSSR count). The third-order valence-corrected chi connectivity index (χ3v) is 5.58. The van der Waals surface area contributed by atoms with Crippen molar-refractivity contribution in [3.05, 3.63) is 88.6 Å². The Morgan fingerprint density at radius 3 is 2.42 bits per heavy atom. The van der Waals surface area contributed by atoms with Gasteiger partial charge in [0.1, 0.15) is 22.9 Å². The Morgan fingerprint density at radius 2 is 1.71 bits per heavy atom. The van der Waals surface area contributed by atoms with Crippen LogP contribution >= 0.6 is 11.6 Å². The van der Waals surface area contributed by atoms with Crippen molar-refractivity contribution >= 4 is 11.6 Å². The molecule has 0 radical (unpaired) electrons. The molecular weight excluding hydrogens is 412 g/mol. The van der Waals surface area contributed by atoms with Crippen LogP contribution in [0.3, 0.4) is 0 Å².